The number of benzene rings is 3. The SMILES string of the molecule is CCOC(=O)N(c1cccc(OC)c1)c1c(C)noc1-c1ccc(-c2ccc(C3(C(=O)O)CC3)cc2)cc1. The summed E-state index contributed by atoms with van der Waals surface area (Å²) in [6.45, 7) is 3.73. The summed E-state index contributed by atoms with van der Waals surface area (Å²) in [6, 6.07) is 22.5. The maximum Gasteiger partial charge on any atom is 0.419 e. The minimum absolute atomic E-state index is 0.208. The molecule has 8 nitrogen and oxygen atoms in total. The van der Waals surface area contributed by atoms with E-state index in [9.17, 15) is 14.7 Å². The van der Waals surface area contributed by atoms with Crippen LogP contribution in [0.5, 0.6) is 5.75 Å². The van der Waals surface area contributed by atoms with Gasteiger partial charge < -0.3 is 19.1 Å². The van der Waals surface area contributed by atoms with Gasteiger partial charge in [-0.3, -0.25) is 4.79 Å². The molecule has 3 aromatic carbocycles. The Hall–Kier alpha value is -4.59. The Bertz CT molecular complexity index is 1470. The Balaban J connectivity index is 1.48. The number of anilines is 2. The summed E-state index contributed by atoms with van der Waals surface area (Å²) in [5, 5.41) is 13.7. The zero-order valence-electron chi connectivity index (χ0n) is 21.4. The van der Waals surface area contributed by atoms with Crippen molar-refractivity contribution in [1.29, 1.82) is 0 Å². The normalized spacial score (nSPS) is 13.6. The third-order valence-corrected chi connectivity index (χ3v) is 6.89. The zero-order valence-corrected chi connectivity index (χ0v) is 21.4. The van der Waals surface area contributed by atoms with Crippen molar-refractivity contribution in [3.8, 4) is 28.2 Å². The molecule has 0 bridgehead atoms. The lowest BCUT2D eigenvalue weighted by Gasteiger charge is -2.22. The van der Waals surface area contributed by atoms with Crippen LogP contribution in [0.3, 0.4) is 0 Å². The molecule has 8 heteroatoms. The van der Waals surface area contributed by atoms with Gasteiger partial charge in [0.1, 0.15) is 17.1 Å². The van der Waals surface area contributed by atoms with Crippen molar-refractivity contribution in [2.75, 3.05) is 18.6 Å². The molecule has 38 heavy (non-hydrogen) atoms. The first-order chi connectivity index (χ1) is 18.4. The van der Waals surface area contributed by atoms with Crippen LogP contribution in [0.4, 0.5) is 16.2 Å². The standard InChI is InChI=1S/C30H28N2O6/c1-4-37-29(35)32(24-6-5-7-25(18-24)36-3)26-19(2)31-38-27(26)22-10-8-20(9-11-22)21-12-14-23(15-13-21)30(16-17-30)28(33)34/h5-15,18H,4,16-17H2,1-3H3,(H,33,34). The Morgan fingerprint density at radius 1 is 1.00 bits per heavy atom. The molecule has 1 aromatic heterocycles. The topological polar surface area (TPSA) is 102 Å². The predicted molar refractivity (Wildman–Crippen MR) is 143 cm³/mol. The third-order valence-electron chi connectivity index (χ3n) is 6.89. The lowest BCUT2D eigenvalue weighted by Crippen LogP contribution is -2.27. The van der Waals surface area contributed by atoms with Gasteiger partial charge in [-0.25, -0.2) is 9.69 Å². The molecule has 4 aromatic rings. The lowest BCUT2D eigenvalue weighted by atomic mass is 9.93. The van der Waals surface area contributed by atoms with Crippen molar-refractivity contribution in [2.24, 2.45) is 0 Å². The number of rotatable bonds is 8. The fourth-order valence-electron chi connectivity index (χ4n) is 4.63. The molecule has 0 radical (unpaired) electrons. The average molecular weight is 513 g/mol. The van der Waals surface area contributed by atoms with Gasteiger partial charge in [-0.2, -0.15) is 0 Å². The first-order valence-electron chi connectivity index (χ1n) is 12.4. The summed E-state index contributed by atoms with van der Waals surface area (Å²) in [5.74, 6) is 0.259. The molecule has 0 atom stereocenters. The molecule has 1 amide bonds. The molecule has 0 unspecified atom stereocenters. The maximum atomic E-state index is 13.1. The monoisotopic (exact) mass is 512 g/mol. The van der Waals surface area contributed by atoms with E-state index in [0.29, 0.717) is 41.4 Å². The predicted octanol–water partition coefficient (Wildman–Crippen LogP) is 6.74. The van der Waals surface area contributed by atoms with Gasteiger partial charge in [0.15, 0.2) is 5.76 Å². The number of nitrogens with zero attached hydrogens (tertiary/aromatic N) is 2. The molecule has 1 heterocycles. The summed E-state index contributed by atoms with van der Waals surface area (Å²) in [5.41, 5.74) is 4.36. The molecule has 1 aliphatic rings. The number of carbonyl (C=O) groups is 2. The van der Waals surface area contributed by atoms with Crippen LogP contribution in [0.15, 0.2) is 77.3 Å². The van der Waals surface area contributed by atoms with Gasteiger partial charge in [0.2, 0.25) is 0 Å². The van der Waals surface area contributed by atoms with Crippen molar-refractivity contribution in [2.45, 2.75) is 32.1 Å². The van der Waals surface area contributed by atoms with Crippen LogP contribution in [0.25, 0.3) is 22.5 Å². The molecule has 1 N–H and O–H groups in total. The van der Waals surface area contributed by atoms with E-state index in [4.69, 9.17) is 14.0 Å². The minimum atomic E-state index is -0.765. The van der Waals surface area contributed by atoms with Gasteiger partial charge in [-0.05, 0) is 55.5 Å². The van der Waals surface area contributed by atoms with Gasteiger partial charge >= 0.3 is 12.1 Å². The second-order valence-corrected chi connectivity index (χ2v) is 9.22. The fraction of sp³-hybridized carbons (Fsp3) is 0.233. The second kappa shape index (κ2) is 10.0. The van der Waals surface area contributed by atoms with E-state index in [-0.39, 0.29) is 6.61 Å². The Morgan fingerprint density at radius 2 is 1.63 bits per heavy atom. The third kappa shape index (κ3) is 4.49. The smallest absolute Gasteiger partial charge is 0.419 e. The van der Waals surface area contributed by atoms with Crippen molar-refractivity contribution >= 4 is 23.4 Å². The Morgan fingerprint density at radius 3 is 2.21 bits per heavy atom. The number of ether oxygens (including phenoxy) is 2. The Kier molecular flexibility index (Phi) is 6.63. The van der Waals surface area contributed by atoms with E-state index in [0.717, 1.165) is 22.3 Å². The van der Waals surface area contributed by atoms with Crippen LogP contribution in [0, 0.1) is 6.92 Å². The molecular weight excluding hydrogens is 484 g/mol. The number of aryl methyl sites for hydroxylation is 1. The van der Waals surface area contributed by atoms with Crippen molar-refractivity contribution in [1.82, 2.24) is 5.16 Å². The van der Waals surface area contributed by atoms with E-state index in [1.54, 1.807) is 45.2 Å². The number of amides is 1. The number of hydrogen-bond donors (Lipinski definition) is 1. The van der Waals surface area contributed by atoms with Gasteiger partial charge in [0.05, 0.1) is 24.8 Å². The minimum Gasteiger partial charge on any atom is -0.497 e. The summed E-state index contributed by atoms with van der Waals surface area (Å²) in [4.78, 5) is 26.2. The average Bonchev–Trinajstić information content (AvgIpc) is 3.68. The summed E-state index contributed by atoms with van der Waals surface area (Å²) in [6.07, 6.45) is 0.793. The summed E-state index contributed by atoms with van der Waals surface area (Å²) >= 11 is 0. The molecule has 194 valence electrons. The van der Waals surface area contributed by atoms with E-state index in [1.807, 2.05) is 48.5 Å². The highest BCUT2D eigenvalue weighted by Crippen LogP contribution is 2.48. The van der Waals surface area contributed by atoms with Gasteiger partial charge in [0.25, 0.3) is 0 Å². The Labute approximate surface area is 220 Å². The molecule has 0 spiro atoms. The molecule has 0 aliphatic heterocycles. The number of carboxylic acid groups (broad SMARTS) is 1. The van der Waals surface area contributed by atoms with Crippen molar-refractivity contribution < 1.29 is 28.7 Å². The van der Waals surface area contributed by atoms with Gasteiger partial charge in [-0.1, -0.05) is 59.8 Å². The van der Waals surface area contributed by atoms with E-state index in [2.05, 4.69) is 5.16 Å². The second-order valence-electron chi connectivity index (χ2n) is 9.22. The lowest BCUT2D eigenvalue weighted by molar-refractivity contribution is -0.140. The highest BCUT2D eigenvalue weighted by Gasteiger charge is 2.51. The first-order valence-corrected chi connectivity index (χ1v) is 12.4. The summed E-state index contributed by atoms with van der Waals surface area (Å²) in [7, 11) is 1.56. The van der Waals surface area contributed by atoms with E-state index in [1.165, 1.54) is 4.90 Å². The van der Waals surface area contributed by atoms with E-state index < -0.39 is 17.5 Å². The highest BCUT2D eigenvalue weighted by atomic mass is 16.6. The van der Waals surface area contributed by atoms with Gasteiger partial charge in [-0.15, -0.1) is 0 Å². The fourth-order valence-corrected chi connectivity index (χ4v) is 4.63. The molecular formula is C30H28N2O6. The molecule has 1 fully saturated rings. The number of carboxylic acids is 1. The number of hydrogen-bond acceptors (Lipinski definition) is 6. The van der Waals surface area contributed by atoms with Crippen LogP contribution in [-0.4, -0.2) is 36.0 Å². The largest absolute Gasteiger partial charge is 0.497 e. The van der Waals surface area contributed by atoms with Crippen molar-refractivity contribution in [3.05, 3.63) is 84.1 Å². The van der Waals surface area contributed by atoms with Crippen LogP contribution >= 0.6 is 0 Å². The number of methoxy groups -OCH3 is 1. The van der Waals surface area contributed by atoms with Crippen LogP contribution in [0.1, 0.15) is 31.0 Å². The van der Waals surface area contributed by atoms with E-state index >= 15 is 0 Å². The molecule has 0 saturated heterocycles. The maximum absolute atomic E-state index is 13.1. The molecule has 1 aliphatic carbocycles. The number of aliphatic carboxylic acids is 1. The first kappa shape index (κ1) is 25.1. The van der Waals surface area contributed by atoms with Crippen LogP contribution in [-0.2, 0) is 14.9 Å². The van der Waals surface area contributed by atoms with Crippen molar-refractivity contribution in [3.63, 3.8) is 0 Å². The quantitative estimate of drug-likeness (QED) is 0.279. The van der Waals surface area contributed by atoms with Crippen LogP contribution in [0.2, 0.25) is 0 Å². The zero-order chi connectivity index (χ0) is 26.9. The molecule has 1 saturated carbocycles. The van der Waals surface area contributed by atoms with Crippen LogP contribution < -0.4 is 9.64 Å². The number of carbonyl (C=O) groups excluding carboxylic acids is 1. The number of aromatic nitrogens is 1. The van der Waals surface area contributed by atoms with Gasteiger partial charge in [0, 0.05) is 11.6 Å². The molecule has 5 rings (SSSR count). The highest BCUT2D eigenvalue weighted by molar-refractivity contribution is 6.00. The summed E-state index contributed by atoms with van der Waals surface area (Å²) < 4.78 is 16.4.